The van der Waals surface area contributed by atoms with Gasteiger partial charge in [-0.3, -0.25) is 0 Å². The quantitative estimate of drug-likeness (QED) is 0.336. The zero-order valence-corrected chi connectivity index (χ0v) is 10.4. The van der Waals surface area contributed by atoms with Gasteiger partial charge in [0.05, 0.1) is 19.4 Å². The number of methoxy groups -OCH3 is 1. The minimum Gasteiger partial charge on any atom is -0.496 e. The van der Waals surface area contributed by atoms with Crippen molar-refractivity contribution in [1.82, 2.24) is 0 Å². The number of isocyanates is 1. The molecule has 18 heavy (non-hydrogen) atoms. The summed E-state index contributed by atoms with van der Waals surface area (Å²) in [5, 5.41) is 0. The summed E-state index contributed by atoms with van der Waals surface area (Å²) < 4.78 is 10.2. The van der Waals surface area contributed by atoms with Crippen LogP contribution in [0.1, 0.15) is 30.1 Å². The first-order chi connectivity index (χ1) is 8.72. The molecule has 96 valence electrons. The molecule has 0 spiro atoms. The van der Waals surface area contributed by atoms with Crippen molar-refractivity contribution < 1.29 is 19.1 Å². The second kappa shape index (κ2) is 7.25. The largest absolute Gasteiger partial charge is 0.496 e. The van der Waals surface area contributed by atoms with Crippen molar-refractivity contribution in [1.29, 1.82) is 0 Å². The van der Waals surface area contributed by atoms with E-state index in [0.29, 0.717) is 23.6 Å². The number of esters is 1. The van der Waals surface area contributed by atoms with E-state index in [1.165, 1.54) is 31.4 Å². The smallest absolute Gasteiger partial charge is 0.341 e. The van der Waals surface area contributed by atoms with Crippen molar-refractivity contribution in [2.45, 2.75) is 19.8 Å². The topological polar surface area (TPSA) is 65.0 Å². The van der Waals surface area contributed by atoms with E-state index >= 15 is 0 Å². The summed E-state index contributed by atoms with van der Waals surface area (Å²) in [4.78, 5) is 25.4. The highest BCUT2D eigenvalue weighted by Crippen LogP contribution is 2.25. The Morgan fingerprint density at radius 3 is 2.83 bits per heavy atom. The van der Waals surface area contributed by atoms with E-state index in [4.69, 9.17) is 9.47 Å². The first-order valence-electron chi connectivity index (χ1n) is 5.66. The Kier molecular flexibility index (Phi) is 5.61. The van der Waals surface area contributed by atoms with Crippen LogP contribution in [0, 0.1) is 0 Å². The Bertz CT molecular complexity index is 464. The van der Waals surface area contributed by atoms with Gasteiger partial charge in [-0.25, -0.2) is 9.59 Å². The minimum absolute atomic E-state index is 0.318. The van der Waals surface area contributed by atoms with Crippen LogP contribution in [-0.2, 0) is 9.53 Å². The molecular weight excluding hydrogens is 234 g/mol. The van der Waals surface area contributed by atoms with E-state index in [1.54, 1.807) is 0 Å². The van der Waals surface area contributed by atoms with Crippen LogP contribution in [0.2, 0.25) is 0 Å². The third-order valence-electron chi connectivity index (χ3n) is 2.31. The van der Waals surface area contributed by atoms with Gasteiger partial charge < -0.3 is 9.47 Å². The Morgan fingerprint density at radius 2 is 2.22 bits per heavy atom. The molecule has 0 aromatic heterocycles. The van der Waals surface area contributed by atoms with Crippen LogP contribution < -0.4 is 4.74 Å². The van der Waals surface area contributed by atoms with Crippen molar-refractivity contribution in [3.8, 4) is 5.75 Å². The van der Waals surface area contributed by atoms with E-state index in [1.807, 2.05) is 6.92 Å². The number of hydrogen-bond acceptors (Lipinski definition) is 5. The molecule has 0 bridgehead atoms. The lowest BCUT2D eigenvalue weighted by molar-refractivity contribution is 0.0496. The number of carbonyl (C=O) groups excluding carboxylic acids is 2. The lowest BCUT2D eigenvalue weighted by atomic mass is 10.2. The first-order valence-corrected chi connectivity index (χ1v) is 5.66. The van der Waals surface area contributed by atoms with Gasteiger partial charge in [-0.05, 0) is 18.6 Å². The van der Waals surface area contributed by atoms with Crippen LogP contribution in [-0.4, -0.2) is 25.8 Å². The van der Waals surface area contributed by atoms with Gasteiger partial charge in [0.15, 0.2) is 0 Å². The van der Waals surface area contributed by atoms with Gasteiger partial charge in [0.2, 0.25) is 6.08 Å². The molecule has 5 heteroatoms. The molecule has 1 rings (SSSR count). The Morgan fingerprint density at radius 1 is 1.44 bits per heavy atom. The molecule has 1 aromatic rings. The van der Waals surface area contributed by atoms with Crippen LogP contribution in [0.5, 0.6) is 5.75 Å². The van der Waals surface area contributed by atoms with Gasteiger partial charge >= 0.3 is 5.97 Å². The van der Waals surface area contributed by atoms with Crippen LogP contribution in [0.3, 0.4) is 0 Å². The first kappa shape index (κ1) is 13.9. The maximum atomic E-state index is 11.8. The van der Waals surface area contributed by atoms with Crippen LogP contribution in [0.4, 0.5) is 5.69 Å². The van der Waals surface area contributed by atoms with E-state index in [-0.39, 0.29) is 0 Å². The third kappa shape index (κ3) is 3.71. The van der Waals surface area contributed by atoms with E-state index in [0.717, 1.165) is 12.8 Å². The number of aliphatic imine (C=N–C) groups is 1. The third-order valence-corrected chi connectivity index (χ3v) is 2.31. The predicted octanol–water partition coefficient (Wildman–Crippen LogP) is 2.62. The molecule has 0 N–H and O–H groups in total. The molecule has 5 nitrogen and oxygen atoms in total. The van der Waals surface area contributed by atoms with E-state index in [2.05, 4.69) is 4.99 Å². The molecule has 0 fully saturated rings. The van der Waals surface area contributed by atoms with Gasteiger partial charge in [-0.15, -0.1) is 0 Å². The van der Waals surface area contributed by atoms with E-state index < -0.39 is 5.97 Å². The number of nitrogens with zero attached hydrogens (tertiary/aromatic N) is 1. The Balaban J connectivity index is 2.87. The highest BCUT2D eigenvalue weighted by atomic mass is 16.5. The molecule has 0 unspecified atom stereocenters. The van der Waals surface area contributed by atoms with E-state index in [9.17, 15) is 9.59 Å². The molecule has 1 aromatic carbocycles. The molecule has 0 radical (unpaired) electrons. The molecule has 0 atom stereocenters. The van der Waals surface area contributed by atoms with Gasteiger partial charge in [0.25, 0.3) is 0 Å². The summed E-state index contributed by atoms with van der Waals surface area (Å²) in [6.45, 7) is 2.40. The molecule has 0 aliphatic rings. The average Bonchev–Trinajstić information content (AvgIpc) is 2.39. The van der Waals surface area contributed by atoms with Crippen LogP contribution in [0.15, 0.2) is 23.2 Å². The SMILES string of the molecule is CCCCOC(=O)c1ccc(N=C=O)cc1OC. The van der Waals surface area contributed by atoms with Crippen LogP contribution >= 0.6 is 0 Å². The normalized spacial score (nSPS) is 9.44. The number of unbranched alkanes of at least 4 members (excludes halogenated alkanes) is 1. The van der Waals surface area contributed by atoms with Gasteiger partial charge in [-0.1, -0.05) is 13.3 Å². The van der Waals surface area contributed by atoms with Crippen LogP contribution in [0.25, 0.3) is 0 Å². The molecular formula is C13H15NO4. The number of hydrogen-bond donors (Lipinski definition) is 0. The van der Waals surface area contributed by atoms with Crippen molar-refractivity contribution >= 4 is 17.7 Å². The summed E-state index contributed by atoms with van der Waals surface area (Å²) in [5.41, 5.74) is 0.699. The molecule has 0 heterocycles. The molecule has 0 saturated carbocycles. The second-order valence-corrected chi connectivity index (χ2v) is 3.58. The Hall–Kier alpha value is -2.13. The number of ether oxygens (including phenoxy) is 2. The fourth-order valence-corrected chi connectivity index (χ4v) is 1.36. The number of benzene rings is 1. The molecule has 0 aliphatic carbocycles. The predicted molar refractivity (Wildman–Crippen MR) is 66.0 cm³/mol. The highest BCUT2D eigenvalue weighted by Gasteiger charge is 2.14. The summed E-state index contributed by atoms with van der Waals surface area (Å²) in [5.74, 6) is -0.116. The standard InChI is InChI=1S/C13H15NO4/c1-3-4-7-18-13(16)11-6-5-10(14-9-15)8-12(11)17-2/h5-6,8H,3-4,7H2,1-2H3. The lowest BCUT2D eigenvalue weighted by Gasteiger charge is -2.08. The van der Waals surface area contributed by atoms with Crippen molar-refractivity contribution in [2.75, 3.05) is 13.7 Å². The summed E-state index contributed by atoms with van der Waals surface area (Å²) in [6, 6.07) is 4.54. The number of carbonyl (C=O) groups is 1. The fraction of sp³-hybridized carbons (Fsp3) is 0.385. The monoisotopic (exact) mass is 249 g/mol. The Labute approximate surface area is 105 Å². The van der Waals surface area contributed by atoms with Gasteiger partial charge in [-0.2, -0.15) is 4.99 Å². The fourth-order valence-electron chi connectivity index (χ4n) is 1.36. The summed E-state index contributed by atoms with van der Waals surface area (Å²) >= 11 is 0. The average molecular weight is 249 g/mol. The zero-order chi connectivity index (χ0) is 13.4. The van der Waals surface area contributed by atoms with Gasteiger partial charge in [0.1, 0.15) is 11.3 Å². The molecule has 0 amide bonds. The molecule has 0 aliphatic heterocycles. The summed E-state index contributed by atoms with van der Waals surface area (Å²) in [6.07, 6.45) is 3.21. The zero-order valence-electron chi connectivity index (χ0n) is 10.4. The second-order valence-electron chi connectivity index (χ2n) is 3.58. The van der Waals surface area contributed by atoms with Crippen molar-refractivity contribution in [3.63, 3.8) is 0 Å². The van der Waals surface area contributed by atoms with Gasteiger partial charge in [0, 0.05) is 6.07 Å². The number of rotatable bonds is 6. The highest BCUT2D eigenvalue weighted by molar-refractivity contribution is 5.93. The van der Waals surface area contributed by atoms with Crippen molar-refractivity contribution in [2.24, 2.45) is 4.99 Å². The van der Waals surface area contributed by atoms with Crippen molar-refractivity contribution in [3.05, 3.63) is 23.8 Å². The lowest BCUT2D eigenvalue weighted by Crippen LogP contribution is -2.07. The molecule has 0 saturated heterocycles. The minimum atomic E-state index is -0.443. The maximum Gasteiger partial charge on any atom is 0.341 e. The maximum absolute atomic E-state index is 11.8. The summed E-state index contributed by atoms with van der Waals surface area (Å²) in [7, 11) is 1.44.